The van der Waals surface area contributed by atoms with E-state index in [1.54, 1.807) is 24.3 Å². The summed E-state index contributed by atoms with van der Waals surface area (Å²) in [5.41, 5.74) is 1.24. The molecule has 2 aromatic rings. The Labute approximate surface area is 114 Å². The fourth-order valence-electron chi connectivity index (χ4n) is 1.52. The fourth-order valence-corrected chi connectivity index (χ4v) is 1.52. The zero-order chi connectivity index (χ0) is 14.5. The van der Waals surface area contributed by atoms with Crippen LogP contribution in [-0.2, 0) is 4.79 Å². The molecule has 1 heterocycles. The summed E-state index contributed by atoms with van der Waals surface area (Å²) in [6.07, 6.45) is 2.60. The summed E-state index contributed by atoms with van der Waals surface area (Å²) in [5, 5.41) is 14.4. The Morgan fingerprint density at radius 3 is 2.35 bits per heavy atom. The van der Waals surface area contributed by atoms with Crippen LogP contribution in [0.3, 0.4) is 0 Å². The molecule has 0 aliphatic carbocycles. The fraction of sp³-hybridized carbons (Fsp3) is 0.0769. The van der Waals surface area contributed by atoms with E-state index in [0.29, 0.717) is 17.2 Å². The Bertz CT molecular complexity index is 640. The molecule has 0 fully saturated rings. The first-order chi connectivity index (χ1) is 9.54. The van der Waals surface area contributed by atoms with Gasteiger partial charge < -0.3 is 15.7 Å². The highest BCUT2D eigenvalue weighted by molar-refractivity contribution is 5.89. The summed E-state index contributed by atoms with van der Waals surface area (Å²) < 4.78 is 0. The second kappa shape index (κ2) is 5.79. The van der Waals surface area contributed by atoms with Gasteiger partial charge in [-0.25, -0.2) is 9.78 Å². The quantitative estimate of drug-likeness (QED) is 0.785. The van der Waals surface area contributed by atoms with Gasteiger partial charge in [0.2, 0.25) is 5.91 Å². The molecule has 1 amide bonds. The van der Waals surface area contributed by atoms with Crippen LogP contribution in [0.1, 0.15) is 17.4 Å². The predicted octanol–water partition coefficient (Wildman–Crippen LogP) is 1.88. The van der Waals surface area contributed by atoms with Gasteiger partial charge in [-0.2, -0.15) is 0 Å². The smallest absolute Gasteiger partial charge is 0.356 e. The number of aromatic carboxylic acids is 1. The molecule has 0 saturated heterocycles. The lowest BCUT2D eigenvalue weighted by molar-refractivity contribution is -0.114. The van der Waals surface area contributed by atoms with Gasteiger partial charge in [-0.3, -0.25) is 9.78 Å². The van der Waals surface area contributed by atoms with Gasteiger partial charge >= 0.3 is 5.97 Å². The Kier molecular flexibility index (Phi) is 3.90. The van der Waals surface area contributed by atoms with Gasteiger partial charge in [-0.15, -0.1) is 0 Å². The third kappa shape index (κ3) is 3.52. The van der Waals surface area contributed by atoms with Crippen molar-refractivity contribution >= 4 is 29.1 Å². The first kappa shape index (κ1) is 13.5. The summed E-state index contributed by atoms with van der Waals surface area (Å²) >= 11 is 0. The van der Waals surface area contributed by atoms with E-state index in [-0.39, 0.29) is 11.6 Å². The van der Waals surface area contributed by atoms with Crippen molar-refractivity contribution in [1.29, 1.82) is 0 Å². The van der Waals surface area contributed by atoms with E-state index in [0.717, 1.165) is 0 Å². The number of aromatic nitrogens is 2. The molecule has 0 aliphatic heterocycles. The third-order valence-corrected chi connectivity index (χ3v) is 2.33. The van der Waals surface area contributed by atoms with E-state index in [9.17, 15) is 9.59 Å². The number of benzene rings is 1. The number of anilines is 3. The number of hydrogen-bond donors (Lipinski definition) is 3. The molecule has 7 heteroatoms. The molecule has 0 atom stereocenters. The Morgan fingerprint density at radius 2 is 1.75 bits per heavy atom. The highest BCUT2D eigenvalue weighted by Gasteiger charge is 2.06. The van der Waals surface area contributed by atoms with Crippen LogP contribution in [0, 0.1) is 0 Å². The zero-order valence-corrected chi connectivity index (χ0v) is 10.6. The van der Waals surface area contributed by atoms with Crippen molar-refractivity contribution in [2.75, 3.05) is 10.6 Å². The Hall–Kier alpha value is -2.96. The van der Waals surface area contributed by atoms with Crippen LogP contribution in [0.4, 0.5) is 17.2 Å². The highest BCUT2D eigenvalue weighted by atomic mass is 16.4. The van der Waals surface area contributed by atoms with Crippen LogP contribution < -0.4 is 10.6 Å². The van der Waals surface area contributed by atoms with Crippen molar-refractivity contribution in [3.8, 4) is 0 Å². The van der Waals surface area contributed by atoms with E-state index in [4.69, 9.17) is 5.11 Å². The van der Waals surface area contributed by atoms with Crippen LogP contribution in [0.2, 0.25) is 0 Å². The number of rotatable bonds is 4. The van der Waals surface area contributed by atoms with Crippen LogP contribution in [0.5, 0.6) is 0 Å². The van der Waals surface area contributed by atoms with Crippen LogP contribution in [0.25, 0.3) is 0 Å². The maximum atomic E-state index is 10.9. The predicted molar refractivity (Wildman–Crippen MR) is 73.0 cm³/mol. The van der Waals surface area contributed by atoms with Gasteiger partial charge in [0.1, 0.15) is 5.82 Å². The number of amides is 1. The lowest BCUT2D eigenvalue weighted by Gasteiger charge is -2.07. The lowest BCUT2D eigenvalue weighted by Crippen LogP contribution is -2.06. The standard InChI is InChI=1S/C13H12N4O3/c1-8(18)15-9-2-4-10(5-3-9)16-12-7-14-6-11(17-12)13(19)20/h2-7H,1H3,(H,15,18)(H,16,17)(H,19,20). The number of carboxylic acid groups (broad SMARTS) is 1. The van der Waals surface area contributed by atoms with Gasteiger partial charge in [0.25, 0.3) is 0 Å². The first-order valence-electron chi connectivity index (χ1n) is 5.74. The number of carboxylic acids is 1. The minimum absolute atomic E-state index is 0.134. The maximum absolute atomic E-state index is 10.9. The van der Waals surface area contributed by atoms with E-state index in [1.165, 1.54) is 19.3 Å². The first-order valence-corrected chi connectivity index (χ1v) is 5.74. The van der Waals surface area contributed by atoms with E-state index in [1.807, 2.05) is 0 Å². The summed E-state index contributed by atoms with van der Waals surface area (Å²) in [6, 6.07) is 6.91. The van der Waals surface area contributed by atoms with Crippen LogP contribution in [0.15, 0.2) is 36.7 Å². The minimum Gasteiger partial charge on any atom is -0.476 e. The molecular weight excluding hydrogens is 260 g/mol. The SMILES string of the molecule is CC(=O)Nc1ccc(Nc2cncc(C(=O)O)n2)cc1. The molecule has 7 nitrogen and oxygen atoms in total. The van der Waals surface area contributed by atoms with Gasteiger partial charge in [-0.05, 0) is 24.3 Å². The second-order valence-electron chi connectivity index (χ2n) is 3.98. The molecule has 3 N–H and O–H groups in total. The maximum Gasteiger partial charge on any atom is 0.356 e. The van der Waals surface area contributed by atoms with E-state index >= 15 is 0 Å². The average Bonchev–Trinajstić information content (AvgIpc) is 2.41. The molecule has 0 spiro atoms. The number of hydrogen-bond acceptors (Lipinski definition) is 5. The molecule has 2 rings (SSSR count). The van der Waals surface area contributed by atoms with Gasteiger partial charge in [0.05, 0.1) is 12.4 Å². The third-order valence-electron chi connectivity index (χ3n) is 2.33. The molecule has 0 aliphatic rings. The number of carbonyl (C=O) groups excluding carboxylic acids is 1. The van der Waals surface area contributed by atoms with Crippen molar-refractivity contribution in [3.05, 3.63) is 42.4 Å². The topological polar surface area (TPSA) is 104 Å². The summed E-state index contributed by atoms with van der Waals surface area (Å²) in [4.78, 5) is 29.4. The summed E-state index contributed by atoms with van der Waals surface area (Å²) in [5.74, 6) is -0.954. The van der Waals surface area contributed by atoms with E-state index < -0.39 is 5.97 Å². The monoisotopic (exact) mass is 272 g/mol. The normalized spacial score (nSPS) is 9.85. The molecule has 0 radical (unpaired) electrons. The summed E-state index contributed by atoms with van der Waals surface area (Å²) in [6.45, 7) is 1.43. The Balaban J connectivity index is 2.11. The molecule has 0 unspecified atom stereocenters. The number of nitrogens with zero attached hydrogens (tertiary/aromatic N) is 2. The molecule has 0 bridgehead atoms. The lowest BCUT2D eigenvalue weighted by atomic mass is 10.2. The number of nitrogens with one attached hydrogen (secondary N) is 2. The second-order valence-corrected chi connectivity index (χ2v) is 3.98. The van der Waals surface area contributed by atoms with Gasteiger partial charge in [0, 0.05) is 18.3 Å². The minimum atomic E-state index is -1.14. The van der Waals surface area contributed by atoms with Crippen molar-refractivity contribution in [2.45, 2.75) is 6.92 Å². The molecule has 20 heavy (non-hydrogen) atoms. The van der Waals surface area contributed by atoms with Crippen molar-refractivity contribution in [3.63, 3.8) is 0 Å². The Morgan fingerprint density at radius 1 is 1.10 bits per heavy atom. The molecular formula is C13H12N4O3. The van der Waals surface area contributed by atoms with Gasteiger partial charge in [0.15, 0.2) is 5.69 Å². The highest BCUT2D eigenvalue weighted by Crippen LogP contribution is 2.17. The van der Waals surface area contributed by atoms with Crippen molar-refractivity contribution in [2.24, 2.45) is 0 Å². The van der Waals surface area contributed by atoms with E-state index in [2.05, 4.69) is 20.6 Å². The number of carbonyl (C=O) groups is 2. The molecule has 1 aromatic carbocycles. The zero-order valence-electron chi connectivity index (χ0n) is 10.6. The molecule has 0 saturated carbocycles. The van der Waals surface area contributed by atoms with Crippen LogP contribution >= 0.6 is 0 Å². The van der Waals surface area contributed by atoms with Gasteiger partial charge in [-0.1, -0.05) is 0 Å². The largest absolute Gasteiger partial charge is 0.476 e. The molecule has 1 aromatic heterocycles. The van der Waals surface area contributed by atoms with Crippen molar-refractivity contribution < 1.29 is 14.7 Å². The summed E-state index contributed by atoms with van der Waals surface area (Å²) in [7, 11) is 0. The van der Waals surface area contributed by atoms with Crippen molar-refractivity contribution in [1.82, 2.24) is 9.97 Å². The molecule has 102 valence electrons. The van der Waals surface area contributed by atoms with Crippen LogP contribution in [-0.4, -0.2) is 27.0 Å². The average molecular weight is 272 g/mol.